The molecule has 122 valence electrons. The van der Waals surface area contributed by atoms with Crippen LogP contribution in [0.25, 0.3) is 0 Å². The first-order valence-electron chi connectivity index (χ1n) is 7.08. The number of aromatic nitrogens is 2. The molecule has 7 nitrogen and oxygen atoms in total. The number of hydrogen-bond acceptors (Lipinski definition) is 7. The van der Waals surface area contributed by atoms with Crippen LogP contribution in [-0.4, -0.2) is 26.8 Å². The van der Waals surface area contributed by atoms with E-state index in [-0.39, 0.29) is 17.3 Å². The van der Waals surface area contributed by atoms with Gasteiger partial charge in [0.1, 0.15) is 5.01 Å². The summed E-state index contributed by atoms with van der Waals surface area (Å²) < 4.78 is 0. The maximum Gasteiger partial charge on any atom is 0.269 e. The van der Waals surface area contributed by atoms with Crippen molar-refractivity contribution in [3.63, 3.8) is 0 Å². The van der Waals surface area contributed by atoms with Crippen LogP contribution in [0.2, 0.25) is 0 Å². The number of nitrogens with zero attached hydrogens (tertiary/aromatic N) is 3. The van der Waals surface area contributed by atoms with Crippen molar-refractivity contribution in [3.05, 3.63) is 39.4 Å². The van der Waals surface area contributed by atoms with E-state index >= 15 is 0 Å². The number of anilines is 1. The largest absolute Gasteiger partial charge is 0.300 e. The Morgan fingerprint density at radius 1 is 1.35 bits per heavy atom. The lowest BCUT2D eigenvalue weighted by molar-refractivity contribution is -0.384. The molecule has 0 radical (unpaired) electrons. The topological polar surface area (TPSA) is 98.0 Å². The van der Waals surface area contributed by atoms with Gasteiger partial charge in [0.15, 0.2) is 0 Å². The normalized spacial score (nSPS) is 10.5. The summed E-state index contributed by atoms with van der Waals surface area (Å²) in [6, 6.07) is 6.10. The highest BCUT2D eigenvalue weighted by molar-refractivity contribution is 8.00. The van der Waals surface area contributed by atoms with Crippen molar-refractivity contribution < 1.29 is 9.72 Å². The number of carbonyl (C=O) groups excluding carboxylic acids is 1. The highest BCUT2D eigenvalue weighted by Gasteiger charge is 2.09. The molecule has 0 fully saturated rings. The third-order valence-corrected chi connectivity index (χ3v) is 4.79. The van der Waals surface area contributed by atoms with Gasteiger partial charge >= 0.3 is 0 Å². The molecule has 1 amide bonds. The molecule has 1 aromatic heterocycles. The molecule has 0 saturated heterocycles. The number of carbonyl (C=O) groups is 1. The smallest absolute Gasteiger partial charge is 0.269 e. The zero-order valence-electron chi connectivity index (χ0n) is 12.5. The maximum atomic E-state index is 11.9. The Hall–Kier alpha value is -2.00. The predicted octanol–water partition coefficient (Wildman–Crippen LogP) is 3.52. The summed E-state index contributed by atoms with van der Waals surface area (Å²) in [7, 11) is 0. The minimum atomic E-state index is -0.452. The highest BCUT2D eigenvalue weighted by atomic mass is 32.2. The Kier molecular flexibility index (Phi) is 6.48. The van der Waals surface area contributed by atoms with E-state index in [1.54, 1.807) is 12.1 Å². The van der Waals surface area contributed by atoms with Crippen molar-refractivity contribution in [1.29, 1.82) is 0 Å². The average molecular weight is 352 g/mol. The van der Waals surface area contributed by atoms with Crippen LogP contribution in [0.3, 0.4) is 0 Å². The second kappa shape index (κ2) is 8.59. The van der Waals surface area contributed by atoms with Crippen LogP contribution >= 0.6 is 23.1 Å². The standard InChI is InChI=1S/C14H16N4O3S2/c1-2-3-4-13-16-17-14(23-13)15-12(19)9-22-11-7-5-10(6-8-11)18(20)21/h5-8H,2-4,9H2,1H3,(H,15,17,19). The zero-order valence-corrected chi connectivity index (χ0v) is 14.2. The van der Waals surface area contributed by atoms with Gasteiger partial charge in [-0.1, -0.05) is 24.7 Å². The number of nitrogens with one attached hydrogen (secondary N) is 1. The monoisotopic (exact) mass is 352 g/mol. The molecule has 0 bridgehead atoms. The Bertz CT molecular complexity index is 673. The van der Waals surface area contributed by atoms with Gasteiger partial charge in [0.25, 0.3) is 5.69 Å². The molecule has 0 aliphatic heterocycles. The third-order valence-electron chi connectivity index (χ3n) is 2.87. The van der Waals surface area contributed by atoms with Gasteiger partial charge in [-0.3, -0.25) is 20.2 Å². The van der Waals surface area contributed by atoms with Crippen LogP contribution in [0.4, 0.5) is 10.8 Å². The van der Waals surface area contributed by atoms with Crippen LogP contribution in [0.5, 0.6) is 0 Å². The number of unbranched alkanes of at least 4 members (excludes halogenated alkanes) is 1. The molecule has 0 unspecified atom stereocenters. The number of thioether (sulfide) groups is 1. The number of nitro groups is 1. The molecule has 0 atom stereocenters. The number of aryl methyl sites for hydroxylation is 1. The van der Waals surface area contributed by atoms with E-state index in [4.69, 9.17) is 0 Å². The van der Waals surface area contributed by atoms with Crippen molar-refractivity contribution in [3.8, 4) is 0 Å². The van der Waals surface area contributed by atoms with Crippen molar-refractivity contribution >= 4 is 39.8 Å². The second-order valence-corrected chi connectivity index (χ2v) is 6.80. The quantitative estimate of drug-likeness (QED) is 0.443. The van der Waals surface area contributed by atoms with E-state index in [9.17, 15) is 14.9 Å². The maximum absolute atomic E-state index is 11.9. The minimum absolute atomic E-state index is 0.0345. The number of amides is 1. The first kappa shape index (κ1) is 17.4. The van der Waals surface area contributed by atoms with Crippen molar-refractivity contribution in [1.82, 2.24) is 10.2 Å². The first-order chi connectivity index (χ1) is 11.1. The number of nitro benzene ring substituents is 1. The Labute approximate surface area is 141 Å². The lowest BCUT2D eigenvalue weighted by Gasteiger charge is -2.01. The summed E-state index contributed by atoms with van der Waals surface area (Å²) >= 11 is 2.70. The van der Waals surface area contributed by atoms with Gasteiger partial charge in [-0.25, -0.2) is 0 Å². The summed E-state index contributed by atoms with van der Waals surface area (Å²) in [5.41, 5.74) is 0.0345. The number of rotatable bonds is 8. The van der Waals surface area contributed by atoms with E-state index < -0.39 is 4.92 Å². The number of benzene rings is 1. The van der Waals surface area contributed by atoms with Crippen molar-refractivity contribution in [2.75, 3.05) is 11.1 Å². The average Bonchev–Trinajstić information content (AvgIpc) is 2.98. The Balaban J connectivity index is 1.80. The summed E-state index contributed by atoms with van der Waals surface area (Å²) in [5, 5.41) is 22.7. The lowest BCUT2D eigenvalue weighted by Crippen LogP contribution is -2.13. The van der Waals surface area contributed by atoms with Gasteiger partial charge < -0.3 is 0 Å². The van der Waals surface area contributed by atoms with Gasteiger partial charge in [0.05, 0.1) is 10.7 Å². The summed E-state index contributed by atoms with van der Waals surface area (Å²) in [5.74, 6) is 0.0355. The molecule has 9 heteroatoms. The summed E-state index contributed by atoms with van der Waals surface area (Å²) in [4.78, 5) is 22.8. The summed E-state index contributed by atoms with van der Waals surface area (Å²) in [6.45, 7) is 2.11. The fourth-order valence-corrected chi connectivity index (χ4v) is 3.20. The molecule has 1 aromatic carbocycles. The van der Waals surface area contributed by atoms with Crippen LogP contribution in [0.15, 0.2) is 29.2 Å². The minimum Gasteiger partial charge on any atom is -0.300 e. The zero-order chi connectivity index (χ0) is 16.7. The Morgan fingerprint density at radius 3 is 2.74 bits per heavy atom. The van der Waals surface area contributed by atoms with E-state index in [0.29, 0.717) is 5.13 Å². The van der Waals surface area contributed by atoms with Crippen LogP contribution < -0.4 is 5.32 Å². The molecule has 1 N–H and O–H groups in total. The lowest BCUT2D eigenvalue weighted by atomic mass is 10.3. The molecule has 1 heterocycles. The molecule has 0 spiro atoms. The molecular weight excluding hydrogens is 336 g/mol. The molecular formula is C14H16N4O3S2. The van der Waals surface area contributed by atoms with E-state index in [0.717, 1.165) is 29.2 Å². The van der Waals surface area contributed by atoms with Gasteiger partial charge in [-0.2, -0.15) is 0 Å². The predicted molar refractivity (Wildman–Crippen MR) is 91.0 cm³/mol. The summed E-state index contributed by atoms with van der Waals surface area (Å²) in [6.07, 6.45) is 3.02. The number of hydrogen-bond donors (Lipinski definition) is 1. The second-order valence-electron chi connectivity index (χ2n) is 4.69. The third kappa shape index (κ3) is 5.61. The molecule has 0 saturated carbocycles. The molecule has 0 aliphatic rings. The SMILES string of the molecule is CCCCc1nnc(NC(=O)CSc2ccc([N+](=O)[O-])cc2)s1. The fraction of sp³-hybridized carbons (Fsp3) is 0.357. The molecule has 23 heavy (non-hydrogen) atoms. The first-order valence-corrected chi connectivity index (χ1v) is 8.88. The van der Waals surface area contributed by atoms with Crippen LogP contribution in [0.1, 0.15) is 24.8 Å². The Morgan fingerprint density at radius 2 is 2.09 bits per heavy atom. The van der Waals surface area contributed by atoms with Crippen LogP contribution in [0, 0.1) is 10.1 Å². The van der Waals surface area contributed by atoms with Gasteiger partial charge in [-0.05, 0) is 18.6 Å². The molecule has 0 aliphatic carbocycles. The van der Waals surface area contributed by atoms with Crippen molar-refractivity contribution in [2.24, 2.45) is 0 Å². The van der Waals surface area contributed by atoms with E-state index in [2.05, 4.69) is 22.4 Å². The van der Waals surface area contributed by atoms with Crippen LogP contribution in [-0.2, 0) is 11.2 Å². The van der Waals surface area contributed by atoms with E-state index in [1.807, 2.05) is 0 Å². The van der Waals surface area contributed by atoms with Gasteiger partial charge in [-0.15, -0.1) is 22.0 Å². The van der Waals surface area contributed by atoms with Crippen molar-refractivity contribution in [2.45, 2.75) is 31.1 Å². The highest BCUT2D eigenvalue weighted by Crippen LogP contribution is 2.22. The van der Waals surface area contributed by atoms with Gasteiger partial charge in [0.2, 0.25) is 11.0 Å². The van der Waals surface area contributed by atoms with Gasteiger partial charge in [0, 0.05) is 23.4 Å². The fourth-order valence-electron chi connectivity index (χ4n) is 1.70. The molecule has 2 rings (SSSR count). The molecule has 2 aromatic rings. The van der Waals surface area contributed by atoms with E-state index in [1.165, 1.54) is 35.2 Å². The number of non-ortho nitro benzene ring substituents is 1.